The predicted molar refractivity (Wildman–Crippen MR) is 64.2 cm³/mol. The summed E-state index contributed by atoms with van der Waals surface area (Å²) in [5.74, 6) is -2.29. The van der Waals surface area contributed by atoms with Crippen molar-refractivity contribution >= 4 is 5.97 Å². The topological polar surface area (TPSA) is 49.3 Å². The molecule has 0 spiro atoms. The summed E-state index contributed by atoms with van der Waals surface area (Å²) >= 11 is 0. The fourth-order valence-corrected chi connectivity index (χ4v) is 1.79. The molecule has 0 aromatic heterocycles. The fourth-order valence-electron chi connectivity index (χ4n) is 1.79. The third kappa shape index (κ3) is 4.07. The molecule has 0 heterocycles. The Morgan fingerprint density at radius 3 is 2.33 bits per heavy atom. The summed E-state index contributed by atoms with van der Waals surface area (Å²) in [6.45, 7) is 3.56. The van der Waals surface area contributed by atoms with Gasteiger partial charge in [0.25, 0.3) is 0 Å². The number of carboxylic acid groups (broad SMARTS) is 1. The molecule has 100 valence electrons. The van der Waals surface area contributed by atoms with Gasteiger partial charge in [-0.25, -0.2) is 8.78 Å². The average Bonchev–Trinajstić information content (AvgIpc) is 2.26. The van der Waals surface area contributed by atoms with Crippen molar-refractivity contribution in [2.24, 2.45) is 0 Å². The molecule has 0 fully saturated rings. The molecule has 0 saturated carbocycles. The van der Waals surface area contributed by atoms with Crippen molar-refractivity contribution in [2.75, 3.05) is 0 Å². The van der Waals surface area contributed by atoms with Gasteiger partial charge in [0, 0.05) is 12.1 Å². The number of benzene rings is 1. The zero-order valence-corrected chi connectivity index (χ0v) is 10.4. The maximum atomic E-state index is 13.0. The van der Waals surface area contributed by atoms with E-state index in [9.17, 15) is 13.6 Å². The van der Waals surface area contributed by atoms with Gasteiger partial charge in [0.1, 0.15) is 17.7 Å². The largest absolute Gasteiger partial charge is 0.480 e. The van der Waals surface area contributed by atoms with Crippen molar-refractivity contribution < 1.29 is 18.7 Å². The minimum absolute atomic E-state index is 0.398. The Kier molecular flexibility index (Phi) is 5.22. The second-order valence-corrected chi connectivity index (χ2v) is 4.27. The van der Waals surface area contributed by atoms with Crippen LogP contribution in [0.15, 0.2) is 18.2 Å². The molecule has 5 heteroatoms. The zero-order chi connectivity index (χ0) is 13.7. The molecule has 1 rings (SSSR count). The lowest BCUT2D eigenvalue weighted by Crippen LogP contribution is -2.38. The van der Waals surface area contributed by atoms with Crippen LogP contribution in [-0.2, 0) is 4.79 Å². The number of halogens is 2. The molecule has 0 aliphatic heterocycles. The van der Waals surface area contributed by atoms with E-state index in [2.05, 4.69) is 5.32 Å². The molecule has 2 N–H and O–H groups in total. The lowest BCUT2D eigenvalue weighted by atomic mass is 10.1. The molecule has 0 bridgehead atoms. The molecule has 0 saturated heterocycles. The van der Waals surface area contributed by atoms with Gasteiger partial charge in [0.15, 0.2) is 0 Å². The molecule has 3 nitrogen and oxygen atoms in total. The number of hydrogen-bond acceptors (Lipinski definition) is 2. The van der Waals surface area contributed by atoms with Gasteiger partial charge >= 0.3 is 5.97 Å². The van der Waals surface area contributed by atoms with E-state index in [0.717, 1.165) is 6.07 Å². The van der Waals surface area contributed by atoms with Crippen LogP contribution in [-0.4, -0.2) is 17.1 Å². The number of rotatable bonds is 6. The highest BCUT2D eigenvalue weighted by molar-refractivity contribution is 5.73. The number of hydrogen-bond donors (Lipinski definition) is 2. The van der Waals surface area contributed by atoms with Crippen molar-refractivity contribution in [1.82, 2.24) is 5.32 Å². The van der Waals surface area contributed by atoms with Crippen molar-refractivity contribution in [2.45, 2.75) is 38.8 Å². The van der Waals surface area contributed by atoms with Gasteiger partial charge in [-0.15, -0.1) is 0 Å². The minimum atomic E-state index is -0.958. The highest BCUT2D eigenvalue weighted by Gasteiger charge is 2.19. The molecule has 1 aromatic rings. The highest BCUT2D eigenvalue weighted by atomic mass is 19.1. The van der Waals surface area contributed by atoms with Crippen molar-refractivity contribution in [3.05, 3.63) is 35.4 Å². The first-order chi connectivity index (χ1) is 8.43. The van der Waals surface area contributed by atoms with Crippen LogP contribution < -0.4 is 5.32 Å². The molecular weight excluding hydrogens is 240 g/mol. The van der Waals surface area contributed by atoms with Gasteiger partial charge in [-0.3, -0.25) is 10.1 Å². The van der Waals surface area contributed by atoms with Crippen LogP contribution in [0.25, 0.3) is 0 Å². The summed E-state index contributed by atoms with van der Waals surface area (Å²) < 4.78 is 26.1. The standard InChI is InChI=1S/C13H17F2NO2/c1-3-4-12(13(17)18)16-8(2)9-5-10(14)7-11(15)6-9/h5-8,12,16H,3-4H2,1-2H3,(H,17,18). The number of carboxylic acids is 1. The van der Waals surface area contributed by atoms with Gasteiger partial charge in [-0.05, 0) is 31.0 Å². The smallest absolute Gasteiger partial charge is 0.320 e. The van der Waals surface area contributed by atoms with Crippen LogP contribution in [0.5, 0.6) is 0 Å². The monoisotopic (exact) mass is 257 g/mol. The molecule has 0 radical (unpaired) electrons. The third-order valence-corrected chi connectivity index (χ3v) is 2.71. The van der Waals surface area contributed by atoms with Crippen molar-refractivity contribution in [1.29, 1.82) is 0 Å². The van der Waals surface area contributed by atoms with Crippen LogP contribution in [0, 0.1) is 11.6 Å². The summed E-state index contributed by atoms with van der Waals surface area (Å²) in [5, 5.41) is 11.9. The van der Waals surface area contributed by atoms with Gasteiger partial charge in [-0.1, -0.05) is 13.3 Å². The molecule has 0 amide bonds. The Morgan fingerprint density at radius 1 is 1.33 bits per heavy atom. The first-order valence-electron chi connectivity index (χ1n) is 5.89. The van der Waals surface area contributed by atoms with E-state index in [1.54, 1.807) is 6.92 Å². The average molecular weight is 257 g/mol. The first-order valence-corrected chi connectivity index (χ1v) is 5.89. The Hall–Kier alpha value is -1.49. The van der Waals surface area contributed by atoms with Crippen LogP contribution in [0.4, 0.5) is 8.78 Å². The van der Waals surface area contributed by atoms with Gasteiger partial charge in [-0.2, -0.15) is 0 Å². The van der Waals surface area contributed by atoms with Crippen LogP contribution in [0.1, 0.15) is 38.3 Å². The van der Waals surface area contributed by atoms with Gasteiger partial charge in [0.05, 0.1) is 0 Å². The highest BCUT2D eigenvalue weighted by Crippen LogP contribution is 2.17. The molecule has 0 aliphatic rings. The quantitative estimate of drug-likeness (QED) is 0.823. The summed E-state index contributed by atoms with van der Waals surface area (Å²) in [4.78, 5) is 11.0. The van der Waals surface area contributed by atoms with Gasteiger partial charge < -0.3 is 5.11 Å². The summed E-state index contributed by atoms with van der Waals surface area (Å²) in [7, 11) is 0. The SMILES string of the molecule is CCCC(NC(C)c1cc(F)cc(F)c1)C(=O)O. The summed E-state index contributed by atoms with van der Waals surface area (Å²) in [6, 6.07) is 2.05. The first kappa shape index (κ1) is 14.6. The molecule has 2 atom stereocenters. The van der Waals surface area contributed by atoms with E-state index in [0.29, 0.717) is 18.4 Å². The minimum Gasteiger partial charge on any atom is -0.480 e. The third-order valence-electron chi connectivity index (χ3n) is 2.71. The maximum absolute atomic E-state index is 13.0. The van der Waals surface area contributed by atoms with Gasteiger partial charge in [0.2, 0.25) is 0 Å². The van der Waals surface area contributed by atoms with E-state index in [1.807, 2.05) is 6.92 Å². The van der Waals surface area contributed by atoms with Crippen LogP contribution >= 0.6 is 0 Å². The Morgan fingerprint density at radius 2 is 1.89 bits per heavy atom. The lowest BCUT2D eigenvalue weighted by Gasteiger charge is -2.20. The lowest BCUT2D eigenvalue weighted by molar-refractivity contribution is -0.139. The summed E-state index contributed by atoms with van der Waals surface area (Å²) in [5.41, 5.74) is 0.398. The molecular formula is C13H17F2NO2. The van der Waals surface area contributed by atoms with Crippen molar-refractivity contribution in [3.8, 4) is 0 Å². The van der Waals surface area contributed by atoms with Crippen molar-refractivity contribution in [3.63, 3.8) is 0 Å². The van der Waals surface area contributed by atoms with E-state index < -0.39 is 29.7 Å². The maximum Gasteiger partial charge on any atom is 0.320 e. The normalized spacial score (nSPS) is 14.2. The fraction of sp³-hybridized carbons (Fsp3) is 0.462. The Labute approximate surface area is 105 Å². The second kappa shape index (κ2) is 6.44. The molecule has 2 unspecified atom stereocenters. The number of carbonyl (C=O) groups is 1. The van der Waals surface area contributed by atoms with Crippen LogP contribution in [0.2, 0.25) is 0 Å². The molecule has 1 aromatic carbocycles. The molecule has 18 heavy (non-hydrogen) atoms. The number of aliphatic carboxylic acids is 1. The molecule has 0 aliphatic carbocycles. The predicted octanol–water partition coefficient (Wildman–Crippen LogP) is 2.87. The van der Waals surface area contributed by atoms with E-state index in [4.69, 9.17) is 5.11 Å². The zero-order valence-electron chi connectivity index (χ0n) is 10.4. The van der Waals surface area contributed by atoms with E-state index in [1.165, 1.54) is 12.1 Å². The van der Waals surface area contributed by atoms with Crippen LogP contribution in [0.3, 0.4) is 0 Å². The van der Waals surface area contributed by atoms with E-state index >= 15 is 0 Å². The summed E-state index contributed by atoms with van der Waals surface area (Å²) in [6.07, 6.45) is 1.19. The number of nitrogens with one attached hydrogen (secondary N) is 1. The Bertz CT molecular complexity index is 403. The Balaban J connectivity index is 2.79. The second-order valence-electron chi connectivity index (χ2n) is 4.27. The van der Waals surface area contributed by atoms with E-state index in [-0.39, 0.29) is 0 Å².